The molecule has 0 saturated heterocycles. The molecule has 0 fully saturated rings. The van der Waals surface area contributed by atoms with E-state index in [9.17, 15) is 0 Å². The van der Waals surface area contributed by atoms with Gasteiger partial charge in [0.1, 0.15) is 5.82 Å². The summed E-state index contributed by atoms with van der Waals surface area (Å²) in [5.74, 6) is 0.942. The molecule has 1 N–H and O–H groups in total. The smallest absolute Gasteiger partial charge is 0.134 e. The zero-order chi connectivity index (χ0) is 10.7. The highest BCUT2D eigenvalue weighted by Gasteiger charge is 2.04. The van der Waals surface area contributed by atoms with Crippen LogP contribution < -0.4 is 5.32 Å². The first-order chi connectivity index (χ1) is 7.31. The van der Waals surface area contributed by atoms with Crippen molar-refractivity contribution in [2.75, 3.05) is 19.0 Å². The highest BCUT2D eigenvalue weighted by molar-refractivity contribution is 7.17. The molecule has 0 saturated carbocycles. The molecule has 0 bridgehead atoms. The fraction of sp³-hybridized carbons (Fsp3) is 0.364. The van der Waals surface area contributed by atoms with Gasteiger partial charge in [-0.15, -0.1) is 11.3 Å². The fourth-order valence-corrected chi connectivity index (χ4v) is 2.14. The summed E-state index contributed by atoms with van der Waals surface area (Å²) in [5.41, 5.74) is 0. The Morgan fingerprint density at radius 2 is 2.40 bits per heavy atom. The molecule has 3 nitrogen and oxygen atoms in total. The summed E-state index contributed by atoms with van der Waals surface area (Å²) in [6.07, 6.45) is 2.03. The lowest BCUT2D eigenvalue weighted by molar-refractivity contribution is 0.128. The van der Waals surface area contributed by atoms with Crippen LogP contribution in [0.3, 0.4) is 0 Å². The first kappa shape index (κ1) is 10.4. The summed E-state index contributed by atoms with van der Waals surface area (Å²) in [6, 6.07) is 4.12. The van der Waals surface area contributed by atoms with Gasteiger partial charge in [-0.05, 0) is 24.4 Å². The van der Waals surface area contributed by atoms with Gasteiger partial charge >= 0.3 is 0 Å². The summed E-state index contributed by atoms with van der Waals surface area (Å²) in [7, 11) is 1.71. The minimum absolute atomic E-state index is 0.195. The van der Waals surface area contributed by atoms with Crippen LogP contribution in [0.15, 0.2) is 23.7 Å². The van der Waals surface area contributed by atoms with Crippen LogP contribution in [0.5, 0.6) is 0 Å². The molecule has 0 amide bonds. The van der Waals surface area contributed by atoms with Crippen molar-refractivity contribution in [2.24, 2.45) is 0 Å². The Hall–Kier alpha value is -1.13. The Labute approximate surface area is 93.1 Å². The number of nitrogens with zero attached hydrogens (tertiary/aromatic N) is 1. The van der Waals surface area contributed by atoms with E-state index in [1.807, 2.05) is 19.2 Å². The number of hydrogen-bond acceptors (Lipinski definition) is 4. The molecule has 2 aromatic rings. The molecule has 80 valence electrons. The van der Waals surface area contributed by atoms with Gasteiger partial charge in [-0.25, -0.2) is 4.98 Å². The fourth-order valence-electron chi connectivity index (χ4n) is 1.36. The number of anilines is 1. The third-order valence-corrected chi connectivity index (χ3v) is 3.22. The summed E-state index contributed by atoms with van der Waals surface area (Å²) in [5, 5.41) is 6.56. The molecule has 0 aliphatic heterocycles. The number of ether oxygens (including phenoxy) is 1. The molecule has 2 rings (SSSR count). The van der Waals surface area contributed by atoms with Gasteiger partial charge in [-0.3, -0.25) is 0 Å². The second-order valence-corrected chi connectivity index (χ2v) is 4.37. The van der Waals surface area contributed by atoms with E-state index in [2.05, 4.69) is 21.7 Å². The number of thiophene rings is 1. The number of nitrogens with one attached hydrogen (secondary N) is 1. The molecule has 2 aromatic heterocycles. The monoisotopic (exact) mass is 222 g/mol. The van der Waals surface area contributed by atoms with E-state index in [0.717, 1.165) is 12.4 Å². The number of rotatable bonds is 4. The lowest BCUT2D eigenvalue weighted by Gasteiger charge is -2.11. The third kappa shape index (κ3) is 2.27. The Morgan fingerprint density at radius 1 is 1.53 bits per heavy atom. The number of fused-ring (bicyclic) bond motifs is 1. The Morgan fingerprint density at radius 3 is 3.20 bits per heavy atom. The zero-order valence-electron chi connectivity index (χ0n) is 8.86. The number of hydrogen-bond donors (Lipinski definition) is 1. The minimum atomic E-state index is 0.195. The van der Waals surface area contributed by atoms with Crippen LogP contribution in [-0.4, -0.2) is 24.7 Å². The van der Waals surface area contributed by atoms with E-state index < -0.39 is 0 Å². The van der Waals surface area contributed by atoms with E-state index >= 15 is 0 Å². The summed E-state index contributed by atoms with van der Waals surface area (Å²) in [4.78, 5) is 4.33. The van der Waals surface area contributed by atoms with E-state index in [4.69, 9.17) is 4.74 Å². The normalized spacial score (nSPS) is 12.9. The maximum atomic E-state index is 5.18. The molecule has 0 radical (unpaired) electrons. The largest absolute Gasteiger partial charge is 0.380 e. The maximum absolute atomic E-state index is 5.18. The highest BCUT2D eigenvalue weighted by atomic mass is 32.1. The Bertz CT molecular complexity index is 441. The topological polar surface area (TPSA) is 34.1 Å². The first-order valence-corrected chi connectivity index (χ1v) is 5.78. The number of pyridine rings is 1. The van der Waals surface area contributed by atoms with E-state index in [1.54, 1.807) is 18.4 Å². The summed E-state index contributed by atoms with van der Waals surface area (Å²) >= 11 is 1.73. The molecule has 1 unspecified atom stereocenters. The second-order valence-electron chi connectivity index (χ2n) is 3.42. The standard InChI is InChI=1S/C11H14N2OS/c1-8(14-2)7-13-11-9-4-6-15-10(9)3-5-12-11/h3-6,8H,7H2,1-2H3,(H,12,13). The van der Waals surface area contributed by atoms with Crippen LogP contribution in [0.2, 0.25) is 0 Å². The van der Waals surface area contributed by atoms with Crippen molar-refractivity contribution in [1.82, 2.24) is 4.98 Å². The lowest BCUT2D eigenvalue weighted by atomic mass is 10.3. The predicted molar refractivity (Wildman–Crippen MR) is 64.6 cm³/mol. The molecule has 2 heterocycles. The van der Waals surface area contributed by atoms with Crippen molar-refractivity contribution in [3.05, 3.63) is 23.7 Å². The van der Waals surface area contributed by atoms with Crippen molar-refractivity contribution in [3.63, 3.8) is 0 Å². The second kappa shape index (κ2) is 4.59. The molecule has 0 aliphatic carbocycles. The average Bonchev–Trinajstić information content (AvgIpc) is 2.74. The van der Waals surface area contributed by atoms with E-state index in [1.165, 1.54) is 10.1 Å². The average molecular weight is 222 g/mol. The number of methoxy groups -OCH3 is 1. The van der Waals surface area contributed by atoms with Gasteiger partial charge in [-0.1, -0.05) is 0 Å². The summed E-state index contributed by atoms with van der Waals surface area (Å²) < 4.78 is 6.44. The predicted octanol–water partition coefficient (Wildman–Crippen LogP) is 2.74. The Kier molecular flexibility index (Phi) is 3.18. The van der Waals surface area contributed by atoms with Gasteiger partial charge in [0.05, 0.1) is 6.10 Å². The van der Waals surface area contributed by atoms with Gasteiger partial charge < -0.3 is 10.1 Å². The SMILES string of the molecule is COC(C)CNc1nccc2sccc12. The van der Waals surface area contributed by atoms with Crippen molar-refractivity contribution in [1.29, 1.82) is 0 Å². The number of aromatic nitrogens is 1. The van der Waals surface area contributed by atoms with Crippen LogP contribution in [0, 0.1) is 0 Å². The highest BCUT2D eigenvalue weighted by Crippen LogP contribution is 2.25. The molecule has 0 spiro atoms. The van der Waals surface area contributed by atoms with Gasteiger partial charge in [-0.2, -0.15) is 0 Å². The van der Waals surface area contributed by atoms with Crippen LogP contribution in [0.1, 0.15) is 6.92 Å². The van der Waals surface area contributed by atoms with Crippen molar-refractivity contribution < 1.29 is 4.74 Å². The molecular formula is C11H14N2OS. The molecule has 0 aliphatic rings. The van der Waals surface area contributed by atoms with Gasteiger partial charge in [0.15, 0.2) is 0 Å². The molecule has 0 aromatic carbocycles. The molecular weight excluding hydrogens is 208 g/mol. The van der Waals surface area contributed by atoms with Gasteiger partial charge in [0.25, 0.3) is 0 Å². The van der Waals surface area contributed by atoms with Crippen LogP contribution in [0.25, 0.3) is 10.1 Å². The zero-order valence-corrected chi connectivity index (χ0v) is 9.67. The van der Waals surface area contributed by atoms with Gasteiger partial charge in [0.2, 0.25) is 0 Å². The first-order valence-electron chi connectivity index (χ1n) is 4.90. The molecule has 15 heavy (non-hydrogen) atoms. The molecule has 1 atom stereocenters. The van der Waals surface area contributed by atoms with Crippen molar-refractivity contribution in [3.8, 4) is 0 Å². The van der Waals surface area contributed by atoms with Crippen LogP contribution >= 0.6 is 11.3 Å². The minimum Gasteiger partial charge on any atom is -0.380 e. The van der Waals surface area contributed by atoms with Crippen LogP contribution in [-0.2, 0) is 4.74 Å². The van der Waals surface area contributed by atoms with Crippen molar-refractivity contribution >= 4 is 27.2 Å². The maximum Gasteiger partial charge on any atom is 0.134 e. The van der Waals surface area contributed by atoms with Crippen LogP contribution in [0.4, 0.5) is 5.82 Å². The van der Waals surface area contributed by atoms with E-state index in [0.29, 0.717) is 0 Å². The quantitative estimate of drug-likeness (QED) is 0.863. The van der Waals surface area contributed by atoms with Gasteiger partial charge in [0, 0.05) is 29.9 Å². The Balaban J connectivity index is 2.17. The lowest BCUT2D eigenvalue weighted by Crippen LogP contribution is -2.18. The summed E-state index contributed by atoms with van der Waals surface area (Å²) in [6.45, 7) is 2.80. The molecule has 4 heteroatoms. The third-order valence-electron chi connectivity index (χ3n) is 2.34. The van der Waals surface area contributed by atoms with Crippen molar-refractivity contribution in [2.45, 2.75) is 13.0 Å². The van der Waals surface area contributed by atoms with E-state index in [-0.39, 0.29) is 6.10 Å².